The van der Waals surface area contributed by atoms with E-state index in [0.29, 0.717) is 0 Å². The molecule has 2 rings (SSSR count). The number of rotatable bonds is 2. The van der Waals surface area contributed by atoms with E-state index in [1.54, 1.807) is 0 Å². The van der Waals surface area contributed by atoms with Crippen molar-refractivity contribution in [3.05, 3.63) is 34.9 Å². The average Bonchev–Trinajstić information content (AvgIpc) is 2.15. The third kappa shape index (κ3) is 2.04. The lowest BCUT2D eigenvalue weighted by atomic mass is 9.96. The number of likely N-dealkylation sites (tertiary alicyclic amines) is 1. The molecule has 70 valence electrons. The highest BCUT2D eigenvalue weighted by Crippen LogP contribution is 2.20. The summed E-state index contributed by atoms with van der Waals surface area (Å²) in [6, 6.07) is 8.93. The number of benzene rings is 1. The number of hydrogen-bond acceptors (Lipinski definition) is 1. The van der Waals surface area contributed by atoms with Gasteiger partial charge in [0.25, 0.3) is 0 Å². The van der Waals surface area contributed by atoms with Crippen molar-refractivity contribution in [1.29, 1.82) is 0 Å². The van der Waals surface area contributed by atoms with Gasteiger partial charge in [-0.2, -0.15) is 0 Å². The molecule has 0 amide bonds. The Hall–Kier alpha value is -0.530. The standard InChI is InChI=1S/C11H14ClN/c1-13-7-6-11(13)8-9-2-4-10(12)5-3-9/h2-5,11H,6-8H2,1H3/t11-/m1/s1. The van der Waals surface area contributed by atoms with Crippen LogP contribution in [0.25, 0.3) is 0 Å². The molecule has 1 atom stereocenters. The van der Waals surface area contributed by atoms with Gasteiger partial charge in [0.05, 0.1) is 0 Å². The summed E-state index contributed by atoms with van der Waals surface area (Å²) in [5, 5.41) is 0.825. The molecule has 0 spiro atoms. The van der Waals surface area contributed by atoms with Crippen molar-refractivity contribution >= 4 is 11.6 Å². The van der Waals surface area contributed by atoms with Crippen LogP contribution in [0.2, 0.25) is 5.02 Å². The lowest BCUT2D eigenvalue weighted by Crippen LogP contribution is -2.45. The summed E-state index contributed by atoms with van der Waals surface area (Å²) in [5.41, 5.74) is 1.39. The predicted molar refractivity (Wildman–Crippen MR) is 56.2 cm³/mol. The third-order valence-corrected chi connectivity index (χ3v) is 3.07. The van der Waals surface area contributed by atoms with Crippen LogP contribution in [-0.2, 0) is 6.42 Å². The van der Waals surface area contributed by atoms with Gasteiger partial charge in [0.2, 0.25) is 0 Å². The van der Waals surface area contributed by atoms with Crippen LogP contribution >= 0.6 is 11.6 Å². The summed E-state index contributed by atoms with van der Waals surface area (Å²) in [4.78, 5) is 2.40. The maximum absolute atomic E-state index is 5.81. The highest BCUT2D eigenvalue weighted by atomic mass is 35.5. The normalized spacial score (nSPS) is 22.8. The number of nitrogens with zero attached hydrogens (tertiary/aromatic N) is 1. The van der Waals surface area contributed by atoms with Crippen molar-refractivity contribution in [2.45, 2.75) is 18.9 Å². The number of halogens is 1. The van der Waals surface area contributed by atoms with E-state index in [0.717, 1.165) is 17.5 Å². The molecule has 1 aliphatic heterocycles. The van der Waals surface area contributed by atoms with E-state index in [2.05, 4.69) is 24.1 Å². The van der Waals surface area contributed by atoms with Crippen molar-refractivity contribution in [1.82, 2.24) is 4.90 Å². The van der Waals surface area contributed by atoms with Crippen LogP contribution in [-0.4, -0.2) is 24.5 Å². The van der Waals surface area contributed by atoms with Crippen molar-refractivity contribution in [2.75, 3.05) is 13.6 Å². The number of likely N-dealkylation sites (N-methyl/N-ethyl adjacent to an activating group) is 1. The first kappa shape index (κ1) is 9.04. The Bertz CT molecular complexity index is 281. The minimum Gasteiger partial charge on any atom is -0.303 e. The molecule has 1 heterocycles. The molecule has 0 aromatic heterocycles. The van der Waals surface area contributed by atoms with Crippen LogP contribution in [0.1, 0.15) is 12.0 Å². The molecule has 0 aliphatic carbocycles. The fourth-order valence-corrected chi connectivity index (χ4v) is 1.85. The Labute approximate surface area is 84.3 Å². The Morgan fingerprint density at radius 1 is 1.38 bits per heavy atom. The van der Waals surface area contributed by atoms with Gasteiger partial charge in [0.1, 0.15) is 0 Å². The molecular formula is C11H14ClN. The van der Waals surface area contributed by atoms with E-state index in [1.807, 2.05) is 12.1 Å². The molecule has 0 radical (unpaired) electrons. The molecular weight excluding hydrogens is 182 g/mol. The molecule has 1 aliphatic rings. The molecule has 0 bridgehead atoms. The SMILES string of the molecule is CN1CC[C@@H]1Cc1ccc(Cl)cc1. The second kappa shape index (κ2) is 3.69. The summed E-state index contributed by atoms with van der Waals surface area (Å²) < 4.78 is 0. The summed E-state index contributed by atoms with van der Waals surface area (Å²) in [6.45, 7) is 1.25. The molecule has 2 heteroatoms. The van der Waals surface area contributed by atoms with Crippen LogP contribution in [0.5, 0.6) is 0 Å². The van der Waals surface area contributed by atoms with Crippen molar-refractivity contribution < 1.29 is 0 Å². The molecule has 1 aromatic carbocycles. The Morgan fingerprint density at radius 2 is 2.08 bits per heavy atom. The summed E-state index contributed by atoms with van der Waals surface area (Å²) in [7, 11) is 2.18. The third-order valence-electron chi connectivity index (χ3n) is 2.82. The molecule has 1 saturated heterocycles. The van der Waals surface area contributed by atoms with Crippen LogP contribution in [0.15, 0.2) is 24.3 Å². The van der Waals surface area contributed by atoms with E-state index in [4.69, 9.17) is 11.6 Å². The van der Waals surface area contributed by atoms with Gasteiger partial charge >= 0.3 is 0 Å². The van der Waals surface area contributed by atoms with Crippen molar-refractivity contribution in [3.8, 4) is 0 Å². The van der Waals surface area contributed by atoms with Crippen molar-refractivity contribution in [3.63, 3.8) is 0 Å². The van der Waals surface area contributed by atoms with Crippen LogP contribution in [0, 0.1) is 0 Å². The van der Waals surface area contributed by atoms with Crippen molar-refractivity contribution in [2.24, 2.45) is 0 Å². The van der Waals surface area contributed by atoms with Gasteiger partial charge in [0, 0.05) is 11.1 Å². The lowest BCUT2D eigenvalue weighted by Gasteiger charge is -2.38. The van der Waals surface area contributed by atoms with E-state index in [-0.39, 0.29) is 0 Å². The Balaban J connectivity index is 1.98. The second-order valence-corrected chi connectivity index (χ2v) is 4.19. The highest BCUT2D eigenvalue weighted by Gasteiger charge is 2.23. The Morgan fingerprint density at radius 3 is 2.54 bits per heavy atom. The van der Waals surface area contributed by atoms with Crippen LogP contribution in [0.4, 0.5) is 0 Å². The van der Waals surface area contributed by atoms with E-state index in [1.165, 1.54) is 18.5 Å². The van der Waals surface area contributed by atoms with E-state index >= 15 is 0 Å². The zero-order valence-electron chi connectivity index (χ0n) is 7.83. The van der Waals surface area contributed by atoms with Gasteiger partial charge in [-0.1, -0.05) is 23.7 Å². The molecule has 1 aromatic rings. The van der Waals surface area contributed by atoms with Gasteiger partial charge in [-0.3, -0.25) is 0 Å². The minimum atomic E-state index is 0.751. The molecule has 0 unspecified atom stereocenters. The monoisotopic (exact) mass is 195 g/mol. The van der Waals surface area contributed by atoms with E-state index in [9.17, 15) is 0 Å². The summed E-state index contributed by atoms with van der Waals surface area (Å²) >= 11 is 5.81. The second-order valence-electron chi connectivity index (χ2n) is 3.75. The maximum Gasteiger partial charge on any atom is 0.0406 e. The highest BCUT2D eigenvalue weighted by molar-refractivity contribution is 6.30. The molecule has 0 saturated carbocycles. The topological polar surface area (TPSA) is 3.24 Å². The van der Waals surface area contributed by atoms with Gasteiger partial charge in [-0.15, -0.1) is 0 Å². The molecule has 0 N–H and O–H groups in total. The first-order chi connectivity index (χ1) is 6.25. The Kier molecular flexibility index (Phi) is 2.56. The quantitative estimate of drug-likeness (QED) is 0.701. The predicted octanol–water partition coefficient (Wildman–Crippen LogP) is 2.59. The fraction of sp³-hybridized carbons (Fsp3) is 0.455. The van der Waals surface area contributed by atoms with Gasteiger partial charge in [-0.25, -0.2) is 0 Å². The largest absolute Gasteiger partial charge is 0.303 e. The van der Waals surface area contributed by atoms with E-state index < -0.39 is 0 Å². The zero-order chi connectivity index (χ0) is 9.26. The van der Waals surface area contributed by atoms with Crippen LogP contribution in [0.3, 0.4) is 0 Å². The molecule has 1 fully saturated rings. The maximum atomic E-state index is 5.81. The smallest absolute Gasteiger partial charge is 0.0406 e. The average molecular weight is 196 g/mol. The van der Waals surface area contributed by atoms with Gasteiger partial charge < -0.3 is 4.90 Å². The first-order valence-electron chi connectivity index (χ1n) is 4.70. The summed E-state index contributed by atoms with van der Waals surface area (Å²) in [5.74, 6) is 0. The van der Waals surface area contributed by atoms with Crippen LogP contribution < -0.4 is 0 Å². The first-order valence-corrected chi connectivity index (χ1v) is 5.08. The van der Waals surface area contributed by atoms with Gasteiger partial charge in [-0.05, 0) is 44.1 Å². The summed E-state index contributed by atoms with van der Waals surface area (Å²) in [6.07, 6.45) is 2.49. The fourth-order valence-electron chi connectivity index (χ4n) is 1.72. The minimum absolute atomic E-state index is 0.751. The molecule has 1 nitrogen and oxygen atoms in total. The number of hydrogen-bond donors (Lipinski definition) is 0. The zero-order valence-corrected chi connectivity index (χ0v) is 8.59. The molecule has 13 heavy (non-hydrogen) atoms. The van der Waals surface area contributed by atoms with Gasteiger partial charge in [0.15, 0.2) is 0 Å². The lowest BCUT2D eigenvalue weighted by molar-refractivity contribution is 0.127.